The first-order valence-electron chi connectivity index (χ1n) is 7.76. The third-order valence-corrected chi connectivity index (χ3v) is 4.23. The van der Waals surface area contributed by atoms with Gasteiger partial charge in [0.15, 0.2) is 11.5 Å². The molecule has 120 valence electrons. The summed E-state index contributed by atoms with van der Waals surface area (Å²) in [6.07, 6.45) is 6.51. The molecule has 0 bridgehead atoms. The van der Waals surface area contributed by atoms with Gasteiger partial charge in [-0.05, 0) is 47.0 Å². The minimum atomic E-state index is 0.536. The molecule has 3 nitrogen and oxygen atoms in total. The largest absolute Gasteiger partial charge is 0.493 e. The number of hydrogen-bond donors (Lipinski definition) is 1. The molecule has 1 N–H and O–H groups in total. The molecule has 0 amide bonds. The average Bonchev–Trinajstić information content (AvgIpc) is 2.48. The molecule has 0 aromatic heterocycles. The first kappa shape index (κ1) is 18.3. The third kappa shape index (κ3) is 6.27. The Hall–Kier alpha value is -0.740. The maximum absolute atomic E-state index is 5.37. The molecule has 0 saturated heterocycles. The second kappa shape index (κ2) is 10.1. The summed E-state index contributed by atoms with van der Waals surface area (Å²) < 4.78 is 11.6. The summed E-state index contributed by atoms with van der Waals surface area (Å²) in [5, 5.41) is 3.57. The van der Waals surface area contributed by atoms with E-state index < -0.39 is 0 Å². The van der Waals surface area contributed by atoms with Crippen LogP contribution in [0, 0.1) is 0 Å². The van der Waals surface area contributed by atoms with Gasteiger partial charge >= 0.3 is 0 Å². The van der Waals surface area contributed by atoms with Gasteiger partial charge in [-0.25, -0.2) is 0 Å². The molecule has 1 atom stereocenters. The zero-order chi connectivity index (χ0) is 15.7. The van der Waals surface area contributed by atoms with Gasteiger partial charge < -0.3 is 14.8 Å². The monoisotopic (exact) mass is 357 g/mol. The van der Waals surface area contributed by atoms with Crippen LogP contribution in [0.4, 0.5) is 0 Å². The molecule has 0 saturated carbocycles. The summed E-state index contributed by atoms with van der Waals surface area (Å²) >= 11 is 3.53. The van der Waals surface area contributed by atoms with Crippen molar-refractivity contribution < 1.29 is 9.47 Å². The Morgan fingerprint density at radius 2 is 1.90 bits per heavy atom. The highest BCUT2D eigenvalue weighted by atomic mass is 79.9. The summed E-state index contributed by atoms with van der Waals surface area (Å²) in [5.74, 6) is 1.51. The fourth-order valence-corrected chi connectivity index (χ4v) is 3.00. The van der Waals surface area contributed by atoms with Gasteiger partial charge in [0, 0.05) is 12.6 Å². The van der Waals surface area contributed by atoms with Crippen LogP contribution < -0.4 is 14.8 Å². The van der Waals surface area contributed by atoms with E-state index >= 15 is 0 Å². The smallest absolute Gasteiger partial charge is 0.174 e. The topological polar surface area (TPSA) is 30.5 Å². The summed E-state index contributed by atoms with van der Waals surface area (Å²) in [6.45, 7) is 5.34. The SMILES string of the molecule is CCCCCCC(C)NCc1cc(Br)c(OC)c(OC)c1. The first-order valence-corrected chi connectivity index (χ1v) is 8.55. The van der Waals surface area contributed by atoms with Gasteiger partial charge in [0.25, 0.3) is 0 Å². The van der Waals surface area contributed by atoms with Crippen molar-refractivity contribution in [1.82, 2.24) is 5.32 Å². The standard InChI is InChI=1S/C17H28BrNO2/c1-5-6-7-8-9-13(2)19-12-14-10-15(18)17(21-4)16(11-14)20-3/h10-11,13,19H,5-9,12H2,1-4H3. The zero-order valence-corrected chi connectivity index (χ0v) is 15.3. The summed E-state index contributed by atoms with van der Waals surface area (Å²) in [5.41, 5.74) is 1.19. The molecular formula is C17H28BrNO2. The van der Waals surface area contributed by atoms with Gasteiger partial charge in [-0.15, -0.1) is 0 Å². The van der Waals surface area contributed by atoms with Crippen molar-refractivity contribution in [3.05, 3.63) is 22.2 Å². The van der Waals surface area contributed by atoms with E-state index in [4.69, 9.17) is 9.47 Å². The van der Waals surface area contributed by atoms with Gasteiger partial charge in [-0.2, -0.15) is 0 Å². The molecule has 0 heterocycles. The van der Waals surface area contributed by atoms with Crippen LogP contribution in [0.3, 0.4) is 0 Å². The quantitative estimate of drug-likeness (QED) is 0.603. The van der Waals surface area contributed by atoms with Gasteiger partial charge in [0.05, 0.1) is 18.7 Å². The van der Waals surface area contributed by atoms with Gasteiger partial charge in [-0.3, -0.25) is 0 Å². The van der Waals surface area contributed by atoms with Crippen molar-refractivity contribution in [2.75, 3.05) is 14.2 Å². The number of hydrogen-bond acceptors (Lipinski definition) is 3. The Balaban J connectivity index is 2.49. The van der Waals surface area contributed by atoms with Crippen LogP contribution in [-0.2, 0) is 6.54 Å². The predicted octanol–water partition coefficient (Wildman–Crippen LogP) is 4.91. The van der Waals surface area contributed by atoms with E-state index in [9.17, 15) is 0 Å². The van der Waals surface area contributed by atoms with Crippen LogP contribution in [0.1, 0.15) is 51.5 Å². The molecule has 0 fully saturated rings. The number of ether oxygens (including phenoxy) is 2. The number of halogens is 1. The van der Waals surface area contributed by atoms with Crippen molar-refractivity contribution in [1.29, 1.82) is 0 Å². The summed E-state index contributed by atoms with van der Waals surface area (Å²) in [4.78, 5) is 0. The minimum absolute atomic E-state index is 0.536. The summed E-state index contributed by atoms with van der Waals surface area (Å²) in [7, 11) is 3.32. The fourth-order valence-electron chi connectivity index (χ4n) is 2.34. The zero-order valence-electron chi connectivity index (χ0n) is 13.7. The lowest BCUT2D eigenvalue weighted by Gasteiger charge is -2.16. The highest BCUT2D eigenvalue weighted by Crippen LogP contribution is 2.36. The van der Waals surface area contributed by atoms with Crippen molar-refractivity contribution in [2.24, 2.45) is 0 Å². The van der Waals surface area contributed by atoms with E-state index in [1.165, 1.54) is 37.7 Å². The highest BCUT2D eigenvalue weighted by Gasteiger charge is 2.11. The van der Waals surface area contributed by atoms with E-state index in [-0.39, 0.29) is 0 Å². The van der Waals surface area contributed by atoms with Crippen LogP contribution in [0.25, 0.3) is 0 Å². The first-order chi connectivity index (χ1) is 10.1. The van der Waals surface area contributed by atoms with Gasteiger partial charge in [0.2, 0.25) is 0 Å². The fraction of sp³-hybridized carbons (Fsp3) is 0.647. The third-order valence-electron chi connectivity index (χ3n) is 3.64. The number of unbranched alkanes of at least 4 members (excludes halogenated alkanes) is 3. The van der Waals surface area contributed by atoms with Gasteiger partial charge in [0.1, 0.15) is 0 Å². The Morgan fingerprint density at radius 1 is 1.14 bits per heavy atom. The molecule has 0 radical (unpaired) electrons. The predicted molar refractivity (Wildman–Crippen MR) is 92.3 cm³/mol. The highest BCUT2D eigenvalue weighted by molar-refractivity contribution is 9.10. The molecule has 21 heavy (non-hydrogen) atoms. The van der Waals surface area contributed by atoms with Crippen molar-refractivity contribution >= 4 is 15.9 Å². The average molecular weight is 358 g/mol. The maximum atomic E-state index is 5.37. The van der Waals surface area contributed by atoms with Crippen LogP contribution in [0.15, 0.2) is 16.6 Å². The lowest BCUT2D eigenvalue weighted by Crippen LogP contribution is -2.25. The second-order valence-electron chi connectivity index (χ2n) is 5.44. The molecule has 0 aliphatic carbocycles. The van der Waals surface area contributed by atoms with Crippen molar-refractivity contribution in [2.45, 2.75) is 58.5 Å². The lowest BCUT2D eigenvalue weighted by molar-refractivity contribution is 0.352. The molecule has 1 aromatic carbocycles. The summed E-state index contributed by atoms with van der Waals surface area (Å²) in [6, 6.07) is 4.65. The van der Waals surface area contributed by atoms with Crippen molar-refractivity contribution in [3.8, 4) is 11.5 Å². The molecule has 0 aliphatic rings. The Labute approximate surface area is 137 Å². The Kier molecular flexibility index (Phi) is 8.77. The van der Waals surface area contributed by atoms with E-state index in [0.717, 1.165) is 22.5 Å². The molecule has 0 aliphatic heterocycles. The van der Waals surface area contributed by atoms with E-state index in [1.807, 2.05) is 6.07 Å². The number of nitrogens with one attached hydrogen (secondary N) is 1. The Bertz CT molecular complexity index is 423. The second-order valence-corrected chi connectivity index (χ2v) is 6.30. The van der Waals surface area contributed by atoms with Crippen LogP contribution in [0.2, 0.25) is 0 Å². The minimum Gasteiger partial charge on any atom is -0.493 e. The normalized spacial score (nSPS) is 12.2. The van der Waals surface area contributed by atoms with Crippen LogP contribution >= 0.6 is 15.9 Å². The molecule has 1 rings (SSSR count). The van der Waals surface area contributed by atoms with E-state index in [2.05, 4.69) is 41.2 Å². The Morgan fingerprint density at radius 3 is 2.52 bits per heavy atom. The number of rotatable bonds is 10. The van der Waals surface area contributed by atoms with Gasteiger partial charge in [-0.1, -0.05) is 32.6 Å². The number of benzene rings is 1. The van der Waals surface area contributed by atoms with E-state index in [0.29, 0.717) is 6.04 Å². The molecule has 1 unspecified atom stereocenters. The van der Waals surface area contributed by atoms with Crippen LogP contribution in [0.5, 0.6) is 11.5 Å². The molecule has 4 heteroatoms. The number of methoxy groups -OCH3 is 2. The van der Waals surface area contributed by atoms with Crippen LogP contribution in [-0.4, -0.2) is 20.3 Å². The lowest BCUT2D eigenvalue weighted by atomic mass is 10.1. The van der Waals surface area contributed by atoms with Crippen molar-refractivity contribution in [3.63, 3.8) is 0 Å². The molecule has 1 aromatic rings. The molecular weight excluding hydrogens is 330 g/mol. The molecule has 0 spiro atoms. The maximum Gasteiger partial charge on any atom is 0.174 e. The van der Waals surface area contributed by atoms with E-state index in [1.54, 1.807) is 14.2 Å².